The van der Waals surface area contributed by atoms with Crippen LogP contribution in [0.4, 0.5) is 13.2 Å². The molecule has 46 heavy (non-hydrogen) atoms. The number of pyridine rings is 3. The number of ether oxygens (including phenoxy) is 1. The summed E-state index contributed by atoms with van der Waals surface area (Å²) >= 11 is 1.25. The molecule has 7 rings (SSSR count). The van der Waals surface area contributed by atoms with Crippen molar-refractivity contribution < 1.29 is 26.3 Å². The smallest absolute Gasteiger partial charge is 0.419 e. The van der Waals surface area contributed by atoms with Gasteiger partial charge in [0.05, 0.1) is 22.3 Å². The lowest BCUT2D eigenvalue weighted by molar-refractivity contribution is -0.138. The maximum absolute atomic E-state index is 13.2. The molecule has 0 radical (unpaired) electrons. The van der Waals surface area contributed by atoms with E-state index in [1.54, 1.807) is 24.3 Å². The van der Waals surface area contributed by atoms with Gasteiger partial charge in [-0.1, -0.05) is 41.7 Å². The zero-order chi connectivity index (χ0) is 32.2. The molecule has 0 saturated heterocycles. The third-order valence-corrected chi connectivity index (χ3v) is 9.16. The minimum absolute atomic E-state index is 0.0188. The van der Waals surface area contributed by atoms with Gasteiger partial charge in [0.15, 0.2) is 20.7 Å². The average molecular weight is 659 g/mol. The van der Waals surface area contributed by atoms with Crippen LogP contribution in [0.25, 0.3) is 54.8 Å². The van der Waals surface area contributed by atoms with E-state index in [1.165, 1.54) is 23.6 Å². The Morgan fingerprint density at radius 1 is 0.848 bits per heavy atom. The molecule has 0 amide bonds. The zero-order valence-electron chi connectivity index (χ0n) is 24.0. The molecule has 7 aromatic rings. The molecule has 230 valence electrons. The van der Waals surface area contributed by atoms with Crippen LogP contribution in [0.3, 0.4) is 0 Å². The van der Waals surface area contributed by atoms with Crippen molar-refractivity contribution in [3.63, 3.8) is 0 Å². The van der Waals surface area contributed by atoms with E-state index in [2.05, 4.69) is 24.9 Å². The van der Waals surface area contributed by atoms with E-state index in [0.29, 0.717) is 43.3 Å². The normalized spacial score (nSPS) is 13.0. The standard InChI is InChI=1S/C32H21F3N6O3S2/c1-17(44-31-41-26-11-10-25(40-30(26)45-31)19-7-12-27(36-14-19)46(2,42)43)21-8-9-22(29-37-15-20(16-38-29)32(33,34)35)23-13-18-5-3-4-6-24(18)39-28(21)23/h3-17H,1-2H3. The van der Waals surface area contributed by atoms with Crippen molar-refractivity contribution in [1.29, 1.82) is 0 Å². The highest BCUT2D eigenvalue weighted by Crippen LogP contribution is 2.37. The van der Waals surface area contributed by atoms with Gasteiger partial charge in [-0.15, -0.1) is 0 Å². The molecule has 9 nitrogen and oxygen atoms in total. The number of hydrogen-bond donors (Lipinski definition) is 0. The minimum Gasteiger partial charge on any atom is -0.462 e. The fourth-order valence-electron chi connectivity index (χ4n) is 4.99. The highest BCUT2D eigenvalue weighted by Gasteiger charge is 2.31. The van der Waals surface area contributed by atoms with E-state index in [0.717, 1.165) is 35.1 Å². The zero-order valence-corrected chi connectivity index (χ0v) is 25.7. The molecule has 0 aliphatic carbocycles. The highest BCUT2D eigenvalue weighted by atomic mass is 32.2. The van der Waals surface area contributed by atoms with Crippen molar-refractivity contribution in [2.24, 2.45) is 0 Å². The summed E-state index contributed by atoms with van der Waals surface area (Å²) in [4.78, 5) is 26.9. The minimum atomic E-state index is -4.55. The number of halogens is 3. The van der Waals surface area contributed by atoms with Crippen molar-refractivity contribution in [2.75, 3.05) is 6.26 Å². The highest BCUT2D eigenvalue weighted by molar-refractivity contribution is 7.90. The first-order valence-electron chi connectivity index (χ1n) is 13.8. The quantitative estimate of drug-likeness (QED) is 0.168. The van der Waals surface area contributed by atoms with Gasteiger partial charge in [-0.05, 0) is 43.3 Å². The Balaban J connectivity index is 1.23. The van der Waals surface area contributed by atoms with Gasteiger partial charge in [0.1, 0.15) is 16.5 Å². The summed E-state index contributed by atoms with van der Waals surface area (Å²) in [6.07, 6.45) is -0.956. The van der Waals surface area contributed by atoms with E-state index in [9.17, 15) is 21.6 Å². The summed E-state index contributed by atoms with van der Waals surface area (Å²) < 4.78 is 69.3. The van der Waals surface area contributed by atoms with Crippen molar-refractivity contribution in [2.45, 2.75) is 24.2 Å². The first kappa shape index (κ1) is 29.6. The number of rotatable bonds is 6. The summed E-state index contributed by atoms with van der Waals surface area (Å²) in [7, 11) is -3.42. The fraction of sp³-hybridized carbons (Fsp3) is 0.125. The Bertz CT molecular complexity index is 2380. The van der Waals surface area contributed by atoms with Crippen LogP contribution in [0, 0.1) is 0 Å². The monoisotopic (exact) mass is 658 g/mol. The van der Waals surface area contributed by atoms with Crippen LogP contribution in [0.15, 0.2) is 90.3 Å². The van der Waals surface area contributed by atoms with E-state index >= 15 is 0 Å². The van der Waals surface area contributed by atoms with Crippen LogP contribution in [-0.4, -0.2) is 44.6 Å². The van der Waals surface area contributed by atoms with Crippen LogP contribution in [0.2, 0.25) is 0 Å². The molecule has 0 aliphatic rings. The molecule has 0 bridgehead atoms. The maximum atomic E-state index is 13.2. The summed E-state index contributed by atoms with van der Waals surface area (Å²) in [5.74, 6) is 0.143. The van der Waals surface area contributed by atoms with Gasteiger partial charge in [-0.3, -0.25) is 0 Å². The number of sulfone groups is 1. The number of nitrogens with zero attached hydrogens (tertiary/aromatic N) is 6. The Kier molecular flexibility index (Phi) is 7.13. The molecule has 2 aromatic carbocycles. The van der Waals surface area contributed by atoms with Crippen LogP contribution < -0.4 is 4.74 Å². The van der Waals surface area contributed by atoms with Crippen molar-refractivity contribution in [1.82, 2.24) is 29.9 Å². The number of thiazole rings is 1. The van der Waals surface area contributed by atoms with Gasteiger partial charge in [0.25, 0.3) is 5.19 Å². The Morgan fingerprint density at radius 3 is 2.35 bits per heavy atom. The number of alkyl halides is 3. The lowest BCUT2D eigenvalue weighted by Crippen LogP contribution is -2.07. The predicted octanol–water partition coefficient (Wildman–Crippen LogP) is 7.47. The summed E-state index contributed by atoms with van der Waals surface area (Å²) in [5.41, 5.74) is 3.56. The van der Waals surface area contributed by atoms with Gasteiger partial charge in [-0.2, -0.15) is 13.2 Å². The molecule has 0 fully saturated rings. The Hall–Kier alpha value is -5.08. The molecule has 0 aliphatic heterocycles. The Morgan fingerprint density at radius 2 is 1.63 bits per heavy atom. The van der Waals surface area contributed by atoms with Gasteiger partial charge < -0.3 is 4.74 Å². The second kappa shape index (κ2) is 11.1. The average Bonchev–Trinajstić information content (AvgIpc) is 3.44. The van der Waals surface area contributed by atoms with E-state index in [1.807, 2.05) is 43.3 Å². The number of aromatic nitrogens is 6. The van der Waals surface area contributed by atoms with E-state index in [4.69, 9.17) is 9.72 Å². The number of fused-ring (bicyclic) bond motifs is 3. The van der Waals surface area contributed by atoms with Gasteiger partial charge in [0.2, 0.25) is 0 Å². The molecule has 1 unspecified atom stereocenters. The summed E-state index contributed by atoms with van der Waals surface area (Å²) in [6, 6.07) is 19.7. The lowest BCUT2D eigenvalue weighted by Gasteiger charge is -2.17. The van der Waals surface area contributed by atoms with E-state index < -0.39 is 27.7 Å². The van der Waals surface area contributed by atoms with Crippen LogP contribution in [0.1, 0.15) is 24.2 Å². The molecule has 0 saturated carbocycles. The molecule has 1 atom stereocenters. The summed E-state index contributed by atoms with van der Waals surface area (Å²) in [5, 5.41) is 1.87. The fourth-order valence-corrected chi connectivity index (χ4v) is 6.42. The molecule has 0 N–H and O–H groups in total. The topological polar surface area (TPSA) is 121 Å². The maximum Gasteiger partial charge on any atom is 0.419 e. The van der Waals surface area contributed by atoms with E-state index in [-0.39, 0.29) is 10.9 Å². The lowest BCUT2D eigenvalue weighted by atomic mass is 9.98. The second-order valence-electron chi connectivity index (χ2n) is 10.5. The van der Waals surface area contributed by atoms with Crippen LogP contribution in [0.5, 0.6) is 5.19 Å². The van der Waals surface area contributed by atoms with Crippen molar-refractivity contribution >= 4 is 53.3 Å². The molecule has 5 heterocycles. The Labute approximate surface area is 263 Å². The third-order valence-electron chi connectivity index (χ3n) is 7.30. The first-order chi connectivity index (χ1) is 21.9. The number of para-hydroxylation sites is 1. The van der Waals surface area contributed by atoms with Crippen molar-refractivity contribution in [3.8, 4) is 27.8 Å². The molecular weight excluding hydrogens is 638 g/mol. The van der Waals surface area contributed by atoms with Gasteiger partial charge in [0, 0.05) is 52.3 Å². The number of hydrogen-bond acceptors (Lipinski definition) is 10. The molecule has 14 heteroatoms. The largest absolute Gasteiger partial charge is 0.462 e. The SMILES string of the molecule is CC(Oc1nc2ccc(-c3ccc(S(C)(=O)=O)nc3)nc2s1)c1ccc(-c2ncc(C(F)(F)F)cn2)c2cc3ccccc3nc12. The first-order valence-corrected chi connectivity index (χ1v) is 16.5. The molecular formula is C32H21F3N6O3S2. The van der Waals surface area contributed by atoms with Crippen molar-refractivity contribution in [3.05, 3.63) is 96.4 Å². The predicted molar refractivity (Wildman–Crippen MR) is 168 cm³/mol. The molecule has 5 aromatic heterocycles. The van der Waals surface area contributed by atoms with Gasteiger partial charge in [-0.25, -0.2) is 38.3 Å². The second-order valence-corrected chi connectivity index (χ2v) is 13.4. The third kappa shape index (κ3) is 5.61. The molecule has 0 spiro atoms. The van der Waals surface area contributed by atoms with Crippen LogP contribution in [-0.2, 0) is 16.0 Å². The van der Waals surface area contributed by atoms with Crippen LogP contribution >= 0.6 is 11.3 Å². The summed E-state index contributed by atoms with van der Waals surface area (Å²) in [6.45, 7) is 1.86. The van der Waals surface area contributed by atoms with Gasteiger partial charge >= 0.3 is 6.18 Å². The number of benzene rings is 2.